The molecule has 6 heteroatoms. The molecule has 0 radical (unpaired) electrons. The number of hydrogen-bond acceptors (Lipinski definition) is 5. The van der Waals surface area contributed by atoms with E-state index >= 15 is 0 Å². The van der Waals surface area contributed by atoms with Crippen LogP contribution in [0.2, 0.25) is 0 Å². The van der Waals surface area contributed by atoms with E-state index in [4.69, 9.17) is 25.8 Å². The van der Waals surface area contributed by atoms with Gasteiger partial charge in [0.2, 0.25) is 5.75 Å². The third-order valence-electron chi connectivity index (χ3n) is 5.57. The quantitative estimate of drug-likeness (QED) is 0.311. The van der Waals surface area contributed by atoms with Crippen LogP contribution in [0.25, 0.3) is 15.8 Å². The zero-order chi connectivity index (χ0) is 23.3. The molecule has 0 bridgehead atoms. The summed E-state index contributed by atoms with van der Waals surface area (Å²) in [6.07, 6.45) is 7.45. The molecule has 0 aliphatic carbocycles. The van der Waals surface area contributed by atoms with Crippen LogP contribution in [0.5, 0.6) is 17.2 Å². The summed E-state index contributed by atoms with van der Waals surface area (Å²) in [5.41, 5.74) is 2.11. The molecule has 3 aromatic carbocycles. The van der Waals surface area contributed by atoms with E-state index in [1.807, 2.05) is 53.9 Å². The summed E-state index contributed by atoms with van der Waals surface area (Å²) in [4.78, 5) is 0. The molecule has 0 atom stereocenters. The second kappa shape index (κ2) is 10.8. The minimum absolute atomic E-state index is 0.262. The summed E-state index contributed by atoms with van der Waals surface area (Å²) in [5, 5.41) is 3.10. The van der Waals surface area contributed by atoms with Crippen LogP contribution < -0.4 is 14.2 Å². The van der Waals surface area contributed by atoms with Crippen molar-refractivity contribution in [3.63, 3.8) is 0 Å². The van der Waals surface area contributed by atoms with Crippen LogP contribution in [-0.4, -0.2) is 32.8 Å². The minimum atomic E-state index is -0.262. The molecule has 1 saturated heterocycles. The second-order valence-corrected chi connectivity index (χ2v) is 10.9. The van der Waals surface area contributed by atoms with Crippen molar-refractivity contribution in [2.24, 2.45) is 0 Å². The number of ether oxygens (including phenoxy) is 3. The zero-order valence-electron chi connectivity index (χ0n) is 19.0. The van der Waals surface area contributed by atoms with Crippen LogP contribution in [0, 0.1) is 0 Å². The summed E-state index contributed by atoms with van der Waals surface area (Å²) < 4.78 is 16.5. The summed E-state index contributed by atoms with van der Waals surface area (Å²) in [6, 6.07) is 18.7. The summed E-state index contributed by atoms with van der Waals surface area (Å²) in [5.74, 6) is 4.09. The molecule has 1 heterocycles. The molecule has 1 fully saturated rings. The molecule has 1 aliphatic rings. The van der Waals surface area contributed by atoms with E-state index in [0.717, 1.165) is 22.6 Å². The van der Waals surface area contributed by atoms with E-state index < -0.39 is 0 Å². The number of rotatable bonds is 7. The molecule has 1 aliphatic heterocycles. The molecule has 0 N–H and O–H groups in total. The standard InChI is InChI=1S/C27H27ClO3S2/c1-29-24-17-22(18-25(30-2)26(24)31-3)27(32-14-7-15-33-27)13-6-10-23(28)21-12-11-19-8-4-5-9-20(19)16-21/h4-6,8-13,16-18H,7,14-15H2,1-3H3/b13-6+,23-10-. The summed E-state index contributed by atoms with van der Waals surface area (Å²) in [7, 11) is 4.92. The lowest BCUT2D eigenvalue weighted by molar-refractivity contribution is 0.324. The first kappa shape index (κ1) is 23.9. The molecule has 0 spiro atoms. The highest BCUT2D eigenvalue weighted by Crippen LogP contribution is 2.54. The molecule has 4 rings (SSSR count). The highest BCUT2D eigenvalue weighted by atomic mass is 35.5. The first-order chi connectivity index (χ1) is 16.1. The lowest BCUT2D eigenvalue weighted by Gasteiger charge is -2.34. The topological polar surface area (TPSA) is 27.7 Å². The van der Waals surface area contributed by atoms with Gasteiger partial charge >= 0.3 is 0 Å². The van der Waals surface area contributed by atoms with Crippen LogP contribution in [0.15, 0.2) is 72.8 Å². The first-order valence-electron chi connectivity index (χ1n) is 10.7. The highest BCUT2D eigenvalue weighted by Gasteiger charge is 2.35. The maximum absolute atomic E-state index is 6.69. The van der Waals surface area contributed by atoms with Crippen molar-refractivity contribution in [1.29, 1.82) is 0 Å². The molecule has 0 unspecified atom stereocenters. The van der Waals surface area contributed by atoms with Gasteiger partial charge < -0.3 is 14.2 Å². The molecule has 0 amide bonds. The Kier molecular flexibility index (Phi) is 7.84. The van der Waals surface area contributed by atoms with Gasteiger partial charge in [-0.3, -0.25) is 0 Å². The Morgan fingerprint density at radius 1 is 0.879 bits per heavy atom. The van der Waals surface area contributed by atoms with Crippen molar-refractivity contribution in [3.05, 3.63) is 84.0 Å². The van der Waals surface area contributed by atoms with Gasteiger partial charge in [0, 0.05) is 5.03 Å². The third kappa shape index (κ3) is 5.16. The smallest absolute Gasteiger partial charge is 0.203 e. The Hall–Kier alpha value is -2.21. The predicted molar refractivity (Wildman–Crippen MR) is 144 cm³/mol. The van der Waals surface area contributed by atoms with Gasteiger partial charge in [0.1, 0.15) is 4.08 Å². The van der Waals surface area contributed by atoms with Gasteiger partial charge in [0.05, 0.1) is 21.3 Å². The van der Waals surface area contributed by atoms with Crippen molar-refractivity contribution in [2.45, 2.75) is 10.5 Å². The van der Waals surface area contributed by atoms with Gasteiger partial charge in [0.25, 0.3) is 0 Å². The highest BCUT2D eigenvalue weighted by molar-refractivity contribution is 8.18. The molecule has 33 heavy (non-hydrogen) atoms. The van der Waals surface area contributed by atoms with E-state index in [9.17, 15) is 0 Å². The second-order valence-electron chi connectivity index (χ2n) is 7.57. The molecule has 3 aromatic rings. The van der Waals surface area contributed by atoms with Gasteiger partial charge in [-0.25, -0.2) is 0 Å². The Morgan fingerprint density at radius 3 is 2.18 bits per heavy atom. The molecule has 172 valence electrons. The van der Waals surface area contributed by atoms with Gasteiger partial charge in [0.15, 0.2) is 11.5 Å². The van der Waals surface area contributed by atoms with Crippen molar-refractivity contribution >= 4 is 50.9 Å². The maximum atomic E-state index is 6.69. The van der Waals surface area contributed by atoms with E-state index in [1.165, 1.54) is 17.2 Å². The Morgan fingerprint density at radius 2 is 1.55 bits per heavy atom. The Balaban J connectivity index is 1.69. The largest absolute Gasteiger partial charge is 0.493 e. The number of allylic oxidation sites excluding steroid dienone is 2. The number of fused-ring (bicyclic) bond motifs is 1. The fraction of sp³-hybridized carbons (Fsp3) is 0.259. The molecular formula is C27H27ClO3S2. The molecule has 0 aromatic heterocycles. The maximum Gasteiger partial charge on any atom is 0.203 e. The van der Waals surface area contributed by atoms with E-state index in [0.29, 0.717) is 22.3 Å². The van der Waals surface area contributed by atoms with Crippen molar-refractivity contribution < 1.29 is 14.2 Å². The predicted octanol–water partition coefficient (Wildman–Crippen LogP) is 7.72. The third-order valence-corrected chi connectivity index (χ3v) is 9.21. The van der Waals surface area contributed by atoms with E-state index in [2.05, 4.69) is 42.5 Å². The first-order valence-corrected chi connectivity index (χ1v) is 13.1. The molecule has 3 nitrogen and oxygen atoms in total. The van der Waals surface area contributed by atoms with Gasteiger partial charge in [-0.05, 0) is 64.1 Å². The SMILES string of the molecule is COc1cc(C2(/C=C/C=C(\Cl)c3ccc4ccccc4c3)SCCCS2)cc(OC)c1OC. The Bertz CT molecular complexity index is 1160. The fourth-order valence-corrected chi connectivity index (χ4v) is 7.19. The van der Waals surface area contributed by atoms with Crippen LogP contribution in [0.1, 0.15) is 17.5 Å². The molecule has 0 saturated carbocycles. The minimum Gasteiger partial charge on any atom is -0.493 e. The average molecular weight is 499 g/mol. The van der Waals surface area contributed by atoms with Crippen LogP contribution in [-0.2, 0) is 4.08 Å². The zero-order valence-corrected chi connectivity index (χ0v) is 21.4. The number of thioether (sulfide) groups is 2. The van der Waals surface area contributed by atoms with Crippen LogP contribution in [0.3, 0.4) is 0 Å². The molecular weight excluding hydrogens is 472 g/mol. The normalized spacial score (nSPS) is 16.2. The fourth-order valence-electron chi connectivity index (χ4n) is 3.88. The van der Waals surface area contributed by atoms with Crippen molar-refractivity contribution in [1.82, 2.24) is 0 Å². The Labute approximate surface area is 209 Å². The van der Waals surface area contributed by atoms with E-state index in [-0.39, 0.29) is 4.08 Å². The van der Waals surface area contributed by atoms with Crippen LogP contribution >= 0.6 is 35.1 Å². The summed E-state index contributed by atoms with van der Waals surface area (Å²) in [6.45, 7) is 0. The number of hydrogen-bond donors (Lipinski definition) is 0. The van der Waals surface area contributed by atoms with Crippen LogP contribution in [0.4, 0.5) is 0 Å². The summed E-state index contributed by atoms with van der Waals surface area (Å²) >= 11 is 10.5. The number of halogens is 1. The van der Waals surface area contributed by atoms with Crippen molar-refractivity contribution in [3.8, 4) is 17.2 Å². The lowest BCUT2D eigenvalue weighted by atomic mass is 10.1. The number of benzene rings is 3. The number of methoxy groups -OCH3 is 3. The monoisotopic (exact) mass is 498 g/mol. The van der Waals surface area contributed by atoms with E-state index in [1.54, 1.807) is 21.3 Å². The lowest BCUT2D eigenvalue weighted by Crippen LogP contribution is -2.20. The van der Waals surface area contributed by atoms with Gasteiger partial charge in [-0.2, -0.15) is 0 Å². The van der Waals surface area contributed by atoms with Crippen molar-refractivity contribution in [2.75, 3.05) is 32.8 Å². The average Bonchev–Trinajstić information content (AvgIpc) is 2.87. The van der Waals surface area contributed by atoms with Gasteiger partial charge in [-0.1, -0.05) is 60.2 Å². The van der Waals surface area contributed by atoms with Gasteiger partial charge in [-0.15, -0.1) is 23.5 Å².